The molecule has 88 heavy (non-hydrogen) atoms. The fourth-order valence-corrected chi connectivity index (χ4v) is 12.4. The number of hydrogen-bond donors (Lipinski definition) is 2. The maximum Gasteiger partial charge on any atom is 0.255 e. The molecule has 8 heterocycles. The molecule has 7 aromatic heterocycles. The Hall–Kier alpha value is -10.4. The summed E-state index contributed by atoms with van der Waals surface area (Å²) < 4.78 is 126. The molecule has 13 aromatic rings. The summed E-state index contributed by atoms with van der Waals surface area (Å²) in [4.78, 5) is 40.8. The number of benzene rings is 6. The lowest BCUT2D eigenvalue weighted by Crippen LogP contribution is -2.25. The summed E-state index contributed by atoms with van der Waals surface area (Å²) in [6.45, 7) is 0.668. The number of furan rings is 2. The molecular formula is C65H49F4N9O8S2. The predicted molar refractivity (Wildman–Crippen MR) is 331 cm³/mol. The second-order valence-electron chi connectivity index (χ2n) is 21.2. The molecule has 0 atom stereocenters. The molecule has 17 nitrogen and oxygen atoms in total. The smallest absolute Gasteiger partial charge is 0.255 e. The van der Waals surface area contributed by atoms with E-state index in [1.54, 1.807) is 71.4 Å². The summed E-state index contributed by atoms with van der Waals surface area (Å²) in [5.74, 6) is -2.04. The van der Waals surface area contributed by atoms with Crippen LogP contribution in [0.3, 0.4) is 0 Å². The van der Waals surface area contributed by atoms with Gasteiger partial charge in [0.05, 0.1) is 79.9 Å². The van der Waals surface area contributed by atoms with Crippen LogP contribution in [0.5, 0.6) is 0 Å². The number of rotatable bonds is 10. The van der Waals surface area contributed by atoms with Crippen molar-refractivity contribution in [2.45, 2.75) is 13.0 Å². The highest BCUT2D eigenvalue weighted by Crippen LogP contribution is 2.45. The summed E-state index contributed by atoms with van der Waals surface area (Å²) in [5.41, 5.74) is 9.57. The van der Waals surface area contributed by atoms with Crippen LogP contribution >= 0.6 is 0 Å². The van der Waals surface area contributed by atoms with E-state index in [-0.39, 0.29) is 56.8 Å². The number of carbonyl (C=O) groups excluding carboxylic acids is 2. The predicted octanol–water partition coefficient (Wildman–Crippen LogP) is 12.5. The highest BCUT2D eigenvalue weighted by atomic mass is 32.2. The van der Waals surface area contributed by atoms with Crippen LogP contribution in [0, 0.1) is 23.3 Å². The Morgan fingerprint density at radius 1 is 0.568 bits per heavy atom. The van der Waals surface area contributed by atoms with Crippen LogP contribution in [0.25, 0.3) is 117 Å². The van der Waals surface area contributed by atoms with Crippen LogP contribution in [0.15, 0.2) is 161 Å². The van der Waals surface area contributed by atoms with Crippen LogP contribution in [0.1, 0.15) is 26.3 Å². The zero-order valence-electron chi connectivity index (χ0n) is 47.6. The number of anilines is 2. The third-order valence-electron chi connectivity index (χ3n) is 15.9. The summed E-state index contributed by atoms with van der Waals surface area (Å²) in [7, 11) is -1.66. The van der Waals surface area contributed by atoms with Crippen LogP contribution in [-0.2, 0) is 33.0 Å². The number of amides is 2. The molecule has 0 spiro atoms. The van der Waals surface area contributed by atoms with Gasteiger partial charge in [-0.25, -0.2) is 49.3 Å². The minimum Gasteiger partial charge on any atom is -0.455 e. The number of halogens is 4. The Morgan fingerprint density at radius 3 is 1.59 bits per heavy atom. The van der Waals surface area contributed by atoms with Crippen molar-refractivity contribution in [2.24, 2.45) is 0 Å². The molecule has 0 radical (unpaired) electrons. The van der Waals surface area contributed by atoms with Crippen LogP contribution in [0.2, 0.25) is 0 Å². The van der Waals surface area contributed by atoms with Crippen molar-refractivity contribution >= 4 is 104 Å². The first-order valence-electron chi connectivity index (χ1n) is 27.3. The summed E-state index contributed by atoms with van der Waals surface area (Å²) in [6.07, 6.45) is 4.46. The van der Waals surface area contributed by atoms with Gasteiger partial charge in [0.1, 0.15) is 57.8 Å². The van der Waals surface area contributed by atoms with Gasteiger partial charge in [-0.2, -0.15) is 0 Å². The van der Waals surface area contributed by atoms with E-state index < -0.39 is 43.5 Å². The van der Waals surface area contributed by atoms with E-state index in [0.29, 0.717) is 95.9 Å². The number of carbonyl (C=O) groups is 2. The van der Waals surface area contributed by atoms with Crippen LogP contribution in [0.4, 0.5) is 28.9 Å². The number of sulfonamides is 2. The number of nitrogens with zero attached hydrogens (tertiary/aromatic N) is 7. The number of fused-ring (bicyclic) bond motifs is 12. The van der Waals surface area contributed by atoms with Crippen molar-refractivity contribution in [3.05, 3.63) is 192 Å². The fraction of sp³-hybridized carbons (Fsp3) is 0.123. The van der Waals surface area contributed by atoms with Gasteiger partial charge >= 0.3 is 0 Å². The first-order chi connectivity index (χ1) is 42.1. The normalized spacial score (nSPS) is 12.4. The molecular weight excluding hydrogens is 1170 g/mol. The fourth-order valence-electron chi connectivity index (χ4n) is 11.4. The minimum absolute atomic E-state index is 0.196. The second kappa shape index (κ2) is 21.2. The molecule has 0 bridgehead atoms. The van der Waals surface area contributed by atoms with Crippen molar-refractivity contribution in [1.29, 1.82) is 0 Å². The molecule has 1 aliphatic heterocycles. The van der Waals surface area contributed by atoms with E-state index in [1.807, 2.05) is 22.8 Å². The van der Waals surface area contributed by atoms with E-state index in [1.165, 1.54) is 94.9 Å². The summed E-state index contributed by atoms with van der Waals surface area (Å²) >= 11 is 0. The van der Waals surface area contributed by atoms with E-state index in [9.17, 15) is 44.0 Å². The highest BCUT2D eigenvalue weighted by molar-refractivity contribution is 7.92. The lowest BCUT2D eigenvalue weighted by molar-refractivity contribution is 0.0956. The van der Waals surface area contributed by atoms with Gasteiger partial charge in [-0.05, 0) is 127 Å². The molecule has 0 aliphatic carbocycles. The number of aromatic nitrogens is 5. The van der Waals surface area contributed by atoms with E-state index in [0.717, 1.165) is 37.9 Å². The molecule has 23 heteroatoms. The standard InChI is InChI=1S/C33H26F2N4O4S.C32H23F2N5O4S/c1-36-33(40)30-23-15-22(27(38(2)44(3,41)42)17-29(23)43-32(30)19-7-10-20(34)11-8-19)25-12-9-18-13-14-39-26-6-4-5-24(35)21(26)16-28(39)31(18)37-25;1-35-32(40)29-21-13-20(26(38(2)44(3,41)42)15-28(21)43-31(29)17-7-9-18(33)10-8-17)23-11-12-24-30(37-23)27-14-19-22(34)5-4-6-25(19)39(27)16-36-24/h4-12,15-17H,13-14H2,1-3H3,(H,36,40);4-16H,1-3H3,(H,35,40). The lowest BCUT2D eigenvalue weighted by Gasteiger charge is -2.23. The quantitative estimate of drug-likeness (QED) is 0.123. The molecule has 14 rings (SSSR count). The molecule has 0 fully saturated rings. The van der Waals surface area contributed by atoms with Gasteiger partial charge < -0.3 is 24.0 Å². The number of aryl methyl sites for hydroxylation is 2. The van der Waals surface area contributed by atoms with Crippen molar-refractivity contribution in [3.63, 3.8) is 0 Å². The van der Waals surface area contributed by atoms with Crippen molar-refractivity contribution in [1.82, 2.24) is 34.6 Å². The number of nitrogens with one attached hydrogen (secondary N) is 2. The van der Waals surface area contributed by atoms with Gasteiger partial charge in [0, 0.05) is 90.7 Å². The average Bonchev–Trinajstić information content (AvgIpc) is 1.70. The molecule has 0 saturated carbocycles. The molecule has 1 aliphatic rings. The van der Waals surface area contributed by atoms with Crippen molar-refractivity contribution in [3.8, 4) is 56.6 Å². The van der Waals surface area contributed by atoms with Crippen molar-refractivity contribution < 1.29 is 52.8 Å². The first kappa shape index (κ1) is 56.7. The molecule has 0 saturated heterocycles. The van der Waals surface area contributed by atoms with E-state index in [2.05, 4.69) is 15.6 Å². The summed E-state index contributed by atoms with van der Waals surface area (Å²) in [5, 5.41) is 7.02. The Kier molecular flexibility index (Phi) is 13.7. The van der Waals surface area contributed by atoms with E-state index in [4.69, 9.17) is 18.8 Å². The molecule has 0 unspecified atom stereocenters. The summed E-state index contributed by atoms with van der Waals surface area (Å²) in [6, 6.07) is 38.0. The molecule has 2 N–H and O–H groups in total. The monoisotopic (exact) mass is 1220 g/mol. The van der Waals surface area contributed by atoms with Crippen LogP contribution in [-0.4, -0.2) is 93.3 Å². The molecule has 6 aromatic carbocycles. The Morgan fingerprint density at radius 2 is 1.07 bits per heavy atom. The lowest BCUT2D eigenvalue weighted by atomic mass is 9.98. The maximum atomic E-state index is 14.7. The van der Waals surface area contributed by atoms with Gasteiger partial charge in [-0.1, -0.05) is 18.2 Å². The molecule has 442 valence electrons. The van der Waals surface area contributed by atoms with Gasteiger partial charge in [0.2, 0.25) is 20.0 Å². The SMILES string of the molecule is CNC(=O)c1c(-c2ccc(F)cc2)oc2cc(N(C)S(C)(=O)=O)c(-c3ccc4c(n3)-c3cc5c(F)cccc5n3CC4)cc12.CNC(=O)c1c(-c2ccc(F)cc2)oc2cc(N(C)S(C)(=O)=O)c(-c3ccc4ncn5c6cccc(F)c6cc5c4n3)cc12. The third-order valence-corrected chi connectivity index (χ3v) is 18.3. The Balaban J connectivity index is 0.000000162. The maximum absolute atomic E-state index is 14.7. The van der Waals surface area contributed by atoms with Crippen LogP contribution < -0.4 is 19.2 Å². The number of hydrogen-bond acceptors (Lipinski definition) is 11. The topological polar surface area (TPSA) is 207 Å². The highest BCUT2D eigenvalue weighted by Gasteiger charge is 2.30. The largest absolute Gasteiger partial charge is 0.455 e. The number of pyridine rings is 2. The second-order valence-corrected chi connectivity index (χ2v) is 25.2. The van der Waals surface area contributed by atoms with E-state index >= 15 is 0 Å². The first-order valence-corrected chi connectivity index (χ1v) is 31.0. The zero-order valence-corrected chi connectivity index (χ0v) is 49.2. The van der Waals surface area contributed by atoms with Gasteiger partial charge in [0.15, 0.2) is 0 Å². The average molecular weight is 1220 g/mol. The van der Waals surface area contributed by atoms with Crippen molar-refractivity contribution in [2.75, 3.05) is 49.3 Å². The molecule has 2 amide bonds. The van der Waals surface area contributed by atoms with Gasteiger partial charge in [-0.3, -0.25) is 22.6 Å². The third kappa shape index (κ3) is 9.58. The van der Waals surface area contributed by atoms with Gasteiger partial charge in [0.25, 0.3) is 11.8 Å². The Labute approximate surface area is 499 Å². The van der Waals surface area contributed by atoms with Gasteiger partial charge in [-0.15, -0.1) is 0 Å². The zero-order chi connectivity index (χ0) is 61.8. The minimum atomic E-state index is -3.75. The Bertz CT molecular complexity index is 5340.